The molecule has 4 aromatic rings. The lowest BCUT2D eigenvalue weighted by molar-refractivity contribution is 0.305. The lowest BCUT2D eigenvalue weighted by Crippen LogP contribution is -2.02. The Labute approximate surface area is 199 Å². The van der Waals surface area contributed by atoms with Crippen LogP contribution in [0.3, 0.4) is 0 Å². The Morgan fingerprint density at radius 2 is 1.73 bits per heavy atom. The van der Waals surface area contributed by atoms with Crippen LogP contribution in [0.5, 0.6) is 5.75 Å². The summed E-state index contributed by atoms with van der Waals surface area (Å²) in [4.78, 5) is 0. The fourth-order valence-corrected chi connectivity index (χ4v) is 3.68. The van der Waals surface area contributed by atoms with Gasteiger partial charge in [0.05, 0.1) is 11.3 Å². The molecule has 0 spiro atoms. The van der Waals surface area contributed by atoms with Crippen molar-refractivity contribution in [1.29, 1.82) is 10.5 Å². The van der Waals surface area contributed by atoms with Crippen molar-refractivity contribution in [3.63, 3.8) is 0 Å². The quantitative estimate of drug-likeness (QED) is 0.344. The van der Waals surface area contributed by atoms with Gasteiger partial charge >= 0.3 is 0 Å². The Balaban J connectivity index is 1.75. The van der Waals surface area contributed by atoms with E-state index in [-0.39, 0.29) is 22.6 Å². The lowest BCUT2D eigenvalue weighted by Gasteiger charge is -2.10. The molecule has 0 aliphatic heterocycles. The molecule has 0 radical (unpaired) electrons. The number of nitrogens with zero attached hydrogens (tertiary/aromatic N) is 4. The highest BCUT2D eigenvalue weighted by atomic mass is 79.9. The number of aromatic nitrogens is 2. The number of benzene rings is 3. The number of halogens is 1. The normalized spacial score (nSPS) is 10.9. The van der Waals surface area contributed by atoms with Gasteiger partial charge in [0.1, 0.15) is 41.6 Å². The molecule has 2 N–H and O–H groups in total. The third-order valence-electron chi connectivity index (χ3n) is 4.92. The largest absolute Gasteiger partial charge is 0.488 e. The van der Waals surface area contributed by atoms with Gasteiger partial charge < -0.3 is 10.5 Å². The Morgan fingerprint density at radius 3 is 2.39 bits per heavy atom. The summed E-state index contributed by atoms with van der Waals surface area (Å²) in [5.74, 6) is 0.776. The molecule has 0 aliphatic carbocycles. The number of para-hydroxylation sites is 1. The van der Waals surface area contributed by atoms with Gasteiger partial charge in [-0.2, -0.15) is 15.6 Å². The van der Waals surface area contributed by atoms with Gasteiger partial charge in [-0.1, -0.05) is 64.5 Å². The molecular weight excluding hydrogens is 478 g/mol. The maximum atomic E-state index is 9.93. The fraction of sp³-hybridized carbons (Fsp3) is 0.0385. The second kappa shape index (κ2) is 9.86. The van der Waals surface area contributed by atoms with E-state index in [4.69, 9.17) is 10.5 Å². The van der Waals surface area contributed by atoms with Gasteiger partial charge in [0.25, 0.3) is 0 Å². The highest BCUT2D eigenvalue weighted by Crippen LogP contribution is 2.31. The number of allylic oxidation sites excluding steroid dienone is 1. The number of hydrogen-bond acceptors (Lipinski definition) is 5. The Kier molecular flexibility index (Phi) is 6.54. The molecule has 0 atom stereocenters. The van der Waals surface area contributed by atoms with E-state index in [1.54, 1.807) is 6.08 Å². The van der Waals surface area contributed by atoms with Crippen molar-refractivity contribution in [1.82, 2.24) is 9.78 Å². The first-order chi connectivity index (χ1) is 16.1. The van der Waals surface area contributed by atoms with Crippen molar-refractivity contribution in [2.45, 2.75) is 6.61 Å². The number of nitriles is 2. The van der Waals surface area contributed by atoms with Crippen LogP contribution in [-0.2, 0) is 6.61 Å². The van der Waals surface area contributed by atoms with Crippen LogP contribution in [-0.4, -0.2) is 9.78 Å². The van der Waals surface area contributed by atoms with Crippen LogP contribution in [0, 0.1) is 22.7 Å². The Morgan fingerprint density at radius 1 is 1.03 bits per heavy atom. The summed E-state index contributed by atoms with van der Waals surface area (Å²) < 4.78 is 8.32. The Bertz CT molecular complexity index is 1400. The van der Waals surface area contributed by atoms with Crippen LogP contribution in [0.4, 0.5) is 5.82 Å². The molecule has 4 rings (SSSR count). The molecule has 3 aromatic carbocycles. The van der Waals surface area contributed by atoms with Crippen molar-refractivity contribution < 1.29 is 4.74 Å². The maximum absolute atomic E-state index is 9.93. The minimum atomic E-state index is 0.147. The van der Waals surface area contributed by atoms with Gasteiger partial charge in [-0.25, -0.2) is 4.68 Å². The van der Waals surface area contributed by atoms with Crippen molar-refractivity contribution >= 4 is 33.4 Å². The molecule has 0 aliphatic rings. The number of nitrogens with two attached hydrogens (primary N) is 1. The van der Waals surface area contributed by atoms with Gasteiger partial charge in [0.15, 0.2) is 0 Å². The van der Waals surface area contributed by atoms with Crippen molar-refractivity contribution in [2.75, 3.05) is 5.73 Å². The second-order valence-corrected chi connectivity index (χ2v) is 8.01. The van der Waals surface area contributed by atoms with E-state index in [1.165, 1.54) is 4.68 Å². The van der Waals surface area contributed by atoms with Crippen LogP contribution < -0.4 is 10.5 Å². The number of nitrogen functional groups attached to an aromatic ring is 1. The summed E-state index contributed by atoms with van der Waals surface area (Å²) in [6, 6.07) is 28.8. The summed E-state index contributed by atoms with van der Waals surface area (Å²) in [6.07, 6.45) is 1.66. The number of hydrogen-bond donors (Lipinski definition) is 1. The zero-order valence-corrected chi connectivity index (χ0v) is 19.0. The number of rotatable bonds is 6. The zero-order valence-electron chi connectivity index (χ0n) is 17.4. The van der Waals surface area contributed by atoms with E-state index < -0.39 is 0 Å². The molecule has 0 fully saturated rings. The molecule has 160 valence electrons. The zero-order chi connectivity index (χ0) is 23.2. The molecule has 1 heterocycles. The average molecular weight is 496 g/mol. The first-order valence-corrected chi connectivity index (χ1v) is 10.8. The van der Waals surface area contributed by atoms with Crippen molar-refractivity contribution in [3.05, 3.63) is 106 Å². The predicted octanol–water partition coefficient (Wildman–Crippen LogP) is 5.73. The SMILES string of the molecule is N#C/C(=C\c1cc(Br)ccc1OCc1ccccc1)c1nn(-c2ccccc2)c(N)c1C#N. The molecule has 0 unspecified atom stereocenters. The molecule has 7 heteroatoms. The summed E-state index contributed by atoms with van der Waals surface area (Å²) in [7, 11) is 0. The molecule has 0 amide bonds. The molecule has 33 heavy (non-hydrogen) atoms. The third-order valence-corrected chi connectivity index (χ3v) is 5.41. The molecular formula is C26H18BrN5O. The molecule has 0 saturated heterocycles. The highest BCUT2D eigenvalue weighted by molar-refractivity contribution is 9.10. The van der Waals surface area contributed by atoms with Crippen LogP contribution in [0.25, 0.3) is 17.3 Å². The first-order valence-electron chi connectivity index (χ1n) is 10.0. The Hall–Kier alpha value is -4.33. The third kappa shape index (κ3) is 4.79. The summed E-state index contributed by atoms with van der Waals surface area (Å²) in [5, 5.41) is 24.1. The van der Waals surface area contributed by atoms with Crippen LogP contribution >= 0.6 is 15.9 Å². The number of ether oxygens (including phenoxy) is 1. The number of anilines is 1. The van der Waals surface area contributed by atoms with E-state index >= 15 is 0 Å². The highest BCUT2D eigenvalue weighted by Gasteiger charge is 2.20. The first kappa shape index (κ1) is 21.9. The van der Waals surface area contributed by atoms with E-state index in [2.05, 4.69) is 33.2 Å². The minimum absolute atomic E-state index is 0.147. The van der Waals surface area contributed by atoms with Gasteiger partial charge in [0, 0.05) is 10.0 Å². The summed E-state index contributed by atoms with van der Waals surface area (Å²) in [5.41, 5.74) is 9.17. The average Bonchev–Trinajstić information content (AvgIpc) is 3.19. The van der Waals surface area contributed by atoms with Gasteiger partial charge in [-0.15, -0.1) is 0 Å². The minimum Gasteiger partial charge on any atom is -0.488 e. The predicted molar refractivity (Wildman–Crippen MR) is 131 cm³/mol. The second-order valence-electron chi connectivity index (χ2n) is 7.09. The lowest BCUT2D eigenvalue weighted by atomic mass is 10.1. The van der Waals surface area contributed by atoms with E-state index in [9.17, 15) is 10.5 Å². The molecule has 1 aromatic heterocycles. The van der Waals surface area contributed by atoms with Gasteiger partial charge in [-0.3, -0.25) is 0 Å². The molecule has 6 nitrogen and oxygen atoms in total. The standard InChI is InChI=1S/C26H18BrN5O/c27-21-11-12-24(33-17-18-7-3-1-4-8-18)19(14-21)13-20(15-28)25-23(16-29)26(30)32(31-25)22-9-5-2-6-10-22/h1-14H,17,30H2/b20-13+. The fourth-order valence-electron chi connectivity index (χ4n) is 3.30. The monoisotopic (exact) mass is 495 g/mol. The van der Waals surface area contributed by atoms with E-state index in [1.807, 2.05) is 78.9 Å². The summed E-state index contributed by atoms with van der Waals surface area (Å²) >= 11 is 3.48. The van der Waals surface area contributed by atoms with Gasteiger partial charge in [-0.05, 0) is 42.0 Å². The van der Waals surface area contributed by atoms with Gasteiger partial charge in [0.2, 0.25) is 0 Å². The summed E-state index contributed by atoms with van der Waals surface area (Å²) in [6.45, 7) is 0.379. The maximum Gasteiger partial charge on any atom is 0.145 e. The van der Waals surface area contributed by atoms with Crippen molar-refractivity contribution in [3.8, 4) is 23.6 Å². The van der Waals surface area contributed by atoms with Crippen molar-refractivity contribution in [2.24, 2.45) is 0 Å². The molecule has 0 saturated carbocycles. The van der Waals surface area contributed by atoms with E-state index in [0.29, 0.717) is 23.6 Å². The molecule has 0 bridgehead atoms. The van der Waals surface area contributed by atoms with E-state index in [0.717, 1.165) is 10.0 Å². The topological polar surface area (TPSA) is 101 Å². The van der Waals surface area contributed by atoms with Crippen LogP contribution in [0.1, 0.15) is 22.4 Å². The van der Waals surface area contributed by atoms with Crippen LogP contribution in [0.2, 0.25) is 0 Å². The van der Waals surface area contributed by atoms with Crippen LogP contribution in [0.15, 0.2) is 83.3 Å². The smallest absolute Gasteiger partial charge is 0.145 e.